The molecule has 2 nitrogen and oxygen atoms in total. The van der Waals surface area contributed by atoms with Crippen molar-refractivity contribution in [1.29, 1.82) is 0 Å². The third-order valence-electron chi connectivity index (χ3n) is 7.77. The highest BCUT2D eigenvalue weighted by atomic mass is 16.3. The molecule has 3 rings (SSSR count). The van der Waals surface area contributed by atoms with Crippen molar-refractivity contribution >= 4 is 21.5 Å². The minimum absolute atomic E-state index is 0.381. The molecule has 0 aliphatic rings. The highest BCUT2D eigenvalue weighted by Gasteiger charge is 2.13. The number of unbranched alkanes of at least 4 members (excludes halogenated alkanes) is 10. The van der Waals surface area contributed by atoms with E-state index in [0.29, 0.717) is 0 Å². The van der Waals surface area contributed by atoms with E-state index in [1.54, 1.807) is 0 Å². The van der Waals surface area contributed by atoms with Crippen molar-refractivity contribution in [2.75, 3.05) is 19.6 Å². The number of aliphatic hydroxyl groups excluding tert-OH is 1. The number of hydrogen-bond donors (Lipinski definition) is 1. The summed E-state index contributed by atoms with van der Waals surface area (Å²) < 4.78 is 0. The van der Waals surface area contributed by atoms with Crippen molar-refractivity contribution in [3.8, 4) is 0 Å². The van der Waals surface area contributed by atoms with Crippen LogP contribution in [-0.4, -0.2) is 29.6 Å². The molecule has 3 aromatic rings. The third kappa shape index (κ3) is 9.20. The largest absolute Gasteiger partial charge is 0.388 e. The lowest BCUT2D eigenvalue weighted by Crippen LogP contribution is -2.27. The molecule has 36 heavy (non-hydrogen) atoms. The average Bonchev–Trinajstić information content (AvgIpc) is 2.92. The van der Waals surface area contributed by atoms with Crippen LogP contribution in [0.5, 0.6) is 0 Å². The maximum Gasteiger partial charge on any atom is 0.0796 e. The second kappa shape index (κ2) is 16.8. The molecular formula is C34H51NO. The van der Waals surface area contributed by atoms with E-state index >= 15 is 0 Å². The van der Waals surface area contributed by atoms with Crippen LogP contribution in [0.25, 0.3) is 21.5 Å². The van der Waals surface area contributed by atoms with Crippen LogP contribution in [0.4, 0.5) is 0 Å². The molecule has 0 aliphatic carbocycles. The molecule has 0 saturated heterocycles. The molecule has 1 unspecified atom stereocenters. The minimum Gasteiger partial charge on any atom is -0.388 e. The van der Waals surface area contributed by atoms with E-state index in [0.717, 1.165) is 18.4 Å². The van der Waals surface area contributed by atoms with Gasteiger partial charge in [-0.3, -0.25) is 0 Å². The van der Waals surface area contributed by atoms with Gasteiger partial charge in [0.15, 0.2) is 0 Å². The Bertz CT molecular complexity index is 989. The summed E-state index contributed by atoms with van der Waals surface area (Å²) in [5, 5.41) is 16.0. The first kappa shape index (κ1) is 28.7. The summed E-state index contributed by atoms with van der Waals surface area (Å²) in [4.78, 5) is 2.70. The molecule has 0 radical (unpaired) electrons. The molecule has 1 atom stereocenters. The molecule has 0 aromatic heterocycles. The highest BCUT2D eigenvalue weighted by Crippen LogP contribution is 2.33. The van der Waals surface area contributed by atoms with Gasteiger partial charge in [0.2, 0.25) is 0 Å². The number of nitrogens with zero attached hydrogens (tertiary/aromatic N) is 1. The number of aliphatic hydroxyl groups is 1. The Labute approximate surface area is 221 Å². The van der Waals surface area contributed by atoms with Crippen LogP contribution >= 0.6 is 0 Å². The van der Waals surface area contributed by atoms with Crippen molar-refractivity contribution in [1.82, 2.24) is 4.90 Å². The lowest BCUT2D eigenvalue weighted by molar-refractivity contribution is 0.165. The van der Waals surface area contributed by atoms with Crippen molar-refractivity contribution < 1.29 is 5.11 Å². The highest BCUT2D eigenvalue weighted by molar-refractivity contribution is 6.09. The smallest absolute Gasteiger partial charge is 0.0796 e. The van der Waals surface area contributed by atoms with E-state index in [9.17, 15) is 5.11 Å². The Morgan fingerprint density at radius 2 is 1.08 bits per heavy atom. The van der Waals surface area contributed by atoms with Crippen LogP contribution in [-0.2, 0) is 0 Å². The second-order valence-corrected chi connectivity index (χ2v) is 10.8. The molecule has 3 aromatic carbocycles. The number of rotatable bonds is 19. The number of hydrogen-bond acceptors (Lipinski definition) is 2. The van der Waals surface area contributed by atoms with Gasteiger partial charge >= 0.3 is 0 Å². The van der Waals surface area contributed by atoms with E-state index < -0.39 is 0 Å². The zero-order valence-corrected chi connectivity index (χ0v) is 23.2. The fourth-order valence-corrected chi connectivity index (χ4v) is 5.52. The van der Waals surface area contributed by atoms with Crippen LogP contribution in [0.2, 0.25) is 0 Å². The van der Waals surface area contributed by atoms with Crippen molar-refractivity contribution in [2.24, 2.45) is 0 Å². The summed E-state index contributed by atoms with van der Waals surface area (Å²) in [6, 6.07) is 19.3. The van der Waals surface area contributed by atoms with Crippen LogP contribution < -0.4 is 0 Å². The Morgan fingerprint density at radius 3 is 1.72 bits per heavy atom. The van der Waals surface area contributed by atoms with E-state index in [2.05, 4.69) is 73.3 Å². The summed E-state index contributed by atoms with van der Waals surface area (Å²) in [5.41, 5.74) is 1.09. The fourth-order valence-electron chi connectivity index (χ4n) is 5.52. The minimum atomic E-state index is -0.381. The topological polar surface area (TPSA) is 23.5 Å². The van der Waals surface area contributed by atoms with Crippen LogP contribution in [0, 0.1) is 0 Å². The molecule has 198 valence electrons. The zero-order valence-electron chi connectivity index (χ0n) is 23.2. The Kier molecular flexibility index (Phi) is 13.4. The summed E-state index contributed by atoms with van der Waals surface area (Å²) in [7, 11) is 0. The molecule has 0 heterocycles. The maximum absolute atomic E-state index is 11.0. The van der Waals surface area contributed by atoms with Crippen molar-refractivity contribution in [2.45, 2.75) is 110 Å². The molecule has 0 spiro atoms. The lowest BCUT2D eigenvalue weighted by atomic mass is 9.92. The van der Waals surface area contributed by atoms with Gasteiger partial charge in [0.1, 0.15) is 0 Å². The van der Waals surface area contributed by atoms with Gasteiger partial charge in [-0.05, 0) is 78.5 Å². The van der Waals surface area contributed by atoms with Gasteiger partial charge in [0, 0.05) is 0 Å². The summed E-state index contributed by atoms with van der Waals surface area (Å²) in [6.45, 7) is 8.49. The van der Waals surface area contributed by atoms with Gasteiger partial charge in [-0.15, -0.1) is 0 Å². The van der Waals surface area contributed by atoms with Gasteiger partial charge in [0.25, 0.3) is 0 Å². The Balaban J connectivity index is 1.29. The number of fused-ring (bicyclic) bond motifs is 3. The van der Waals surface area contributed by atoms with E-state index in [-0.39, 0.29) is 6.10 Å². The predicted octanol–water partition coefficient (Wildman–Crippen LogP) is 9.83. The SMILES string of the molecule is CCCCN(CCCC)CCCCCCCCCCCC(O)c1cc2ccccc2c2ccccc12. The molecule has 0 bridgehead atoms. The monoisotopic (exact) mass is 489 g/mol. The third-order valence-corrected chi connectivity index (χ3v) is 7.77. The average molecular weight is 490 g/mol. The second-order valence-electron chi connectivity index (χ2n) is 10.8. The molecule has 0 saturated carbocycles. The summed E-state index contributed by atoms with van der Waals surface area (Å²) in [6.07, 6.45) is 17.7. The quantitative estimate of drug-likeness (QED) is 0.134. The fraction of sp³-hybridized carbons (Fsp3) is 0.588. The van der Waals surface area contributed by atoms with Crippen LogP contribution in [0.1, 0.15) is 115 Å². The van der Waals surface area contributed by atoms with E-state index in [1.165, 1.54) is 118 Å². The Hall–Kier alpha value is -1.90. The van der Waals surface area contributed by atoms with Gasteiger partial charge < -0.3 is 10.0 Å². The van der Waals surface area contributed by atoms with Gasteiger partial charge in [-0.1, -0.05) is 127 Å². The van der Waals surface area contributed by atoms with E-state index in [1.807, 2.05) is 0 Å². The number of benzene rings is 3. The van der Waals surface area contributed by atoms with Crippen LogP contribution in [0.3, 0.4) is 0 Å². The summed E-state index contributed by atoms with van der Waals surface area (Å²) >= 11 is 0. The molecule has 0 aliphatic heterocycles. The van der Waals surface area contributed by atoms with Crippen molar-refractivity contribution in [3.05, 3.63) is 60.2 Å². The molecule has 0 amide bonds. The van der Waals surface area contributed by atoms with Gasteiger partial charge in [-0.25, -0.2) is 0 Å². The first-order valence-corrected chi connectivity index (χ1v) is 15.1. The lowest BCUT2D eigenvalue weighted by Gasteiger charge is -2.21. The zero-order chi connectivity index (χ0) is 25.4. The predicted molar refractivity (Wildman–Crippen MR) is 159 cm³/mol. The standard InChI is InChI=1S/C34H51NO/c1-3-5-25-35(26-6-4-2)27-19-13-11-9-7-8-10-12-14-24-34(36)33-28-29-20-15-16-21-30(29)31-22-17-18-23-32(31)33/h15-18,20-23,28,34,36H,3-14,19,24-27H2,1-2H3. The molecule has 1 N–H and O–H groups in total. The first-order chi connectivity index (χ1) is 17.7. The molecule has 2 heteroatoms. The molecule has 0 fully saturated rings. The Morgan fingerprint density at radius 1 is 0.583 bits per heavy atom. The summed E-state index contributed by atoms with van der Waals surface area (Å²) in [5.74, 6) is 0. The molecular weight excluding hydrogens is 438 g/mol. The first-order valence-electron chi connectivity index (χ1n) is 15.1. The van der Waals surface area contributed by atoms with Crippen molar-refractivity contribution in [3.63, 3.8) is 0 Å². The van der Waals surface area contributed by atoms with Gasteiger partial charge in [0.05, 0.1) is 6.10 Å². The normalized spacial score (nSPS) is 12.7. The maximum atomic E-state index is 11.0. The van der Waals surface area contributed by atoms with Crippen LogP contribution in [0.15, 0.2) is 54.6 Å². The van der Waals surface area contributed by atoms with E-state index in [4.69, 9.17) is 0 Å². The van der Waals surface area contributed by atoms with Gasteiger partial charge in [-0.2, -0.15) is 0 Å².